The molecule has 12 heavy (non-hydrogen) atoms. The summed E-state index contributed by atoms with van der Waals surface area (Å²) in [7, 11) is 0. The minimum absolute atomic E-state index is 0.00431. The van der Waals surface area contributed by atoms with Crippen molar-refractivity contribution in [3.05, 3.63) is 33.4 Å². The Bertz CT molecular complexity index is 274. The Morgan fingerprint density at radius 3 is 2.17 bits per heavy atom. The summed E-state index contributed by atoms with van der Waals surface area (Å²) in [6.45, 7) is 0. The molecule has 2 rings (SSSR count). The molecule has 1 nitrogen and oxygen atoms in total. The predicted molar refractivity (Wildman–Crippen MR) is 58.9 cm³/mol. The summed E-state index contributed by atoms with van der Waals surface area (Å²) in [6, 6.07) is 8.56. The van der Waals surface area contributed by atoms with Crippen molar-refractivity contribution in [3.8, 4) is 0 Å². The normalized spacial score (nSPS) is 20.2. The maximum Gasteiger partial charge on any atom is 0.0409 e. The van der Waals surface area contributed by atoms with Crippen LogP contribution in [0.1, 0.15) is 24.8 Å². The van der Waals surface area contributed by atoms with Crippen LogP contribution in [0.25, 0.3) is 0 Å². The van der Waals surface area contributed by atoms with Crippen molar-refractivity contribution in [2.45, 2.75) is 24.8 Å². The fourth-order valence-corrected chi connectivity index (χ4v) is 1.99. The van der Waals surface area contributed by atoms with E-state index in [1.54, 1.807) is 0 Å². The van der Waals surface area contributed by atoms with Gasteiger partial charge < -0.3 is 5.73 Å². The molecule has 0 aliphatic heterocycles. The van der Waals surface area contributed by atoms with Crippen molar-refractivity contribution in [1.29, 1.82) is 0 Å². The molecule has 1 aromatic carbocycles. The predicted octanol–water partition coefficient (Wildman–Crippen LogP) is 2.63. The van der Waals surface area contributed by atoms with Crippen LogP contribution in [-0.2, 0) is 5.54 Å². The third-order valence-corrected chi connectivity index (χ3v) is 3.38. The standard InChI is InChI=1S/C10H12IN/c11-9-4-2-8(3-5-9)10(12)6-1-7-10/h2-5H,1,6-7,12H2. The molecule has 1 aliphatic rings. The minimum Gasteiger partial charge on any atom is -0.321 e. The first kappa shape index (κ1) is 8.51. The van der Waals surface area contributed by atoms with Gasteiger partial charge in [-0.05, 0) is 59.5 Å². The second-order valence-corrected chi connectivity index (χ2v) is 4.76. The van der Waals surface area contributed by atoms with Crippen molar-refractivity contribution in [2.75, 3.05) is 0 Å². The second-order valence-electron chi connectivity index (χ2n) is 3.52. The lowest BCUT2D eigenvalue weighted by atomic mass is 9.73. The summed E-state index contributed by atoms with van der Waals surface area (Å²) in [5.41, 5.74) is 7.48. The van der Waals surface area contributed by atoms with E-state index in [0.29, 0.717) is 0 Å². The van der Waals surface area contributed by atoms with Crippen molar-refractivity contribution in [2.24, 2.45) is 5.73 Å². The summed E-state index contributed by atoms with van der Waals surface area (Å²) in [5, 5.41) is 0. The van der Waals surface area contributed by atoms with Gasteiger partial charge in [0.05, 0.1) is 0 Å². The van der Waals surface area contributed by atoms with Gasteiger partial charge in [-0.15, -0.1) is 0 Å². The Balaban J connectivity index is 2.28. The van der Waals surface area contributed by atoms with Gasteiger partial charge in [0.1, 0.15) is 0 Å². The summed E-state index contributed by atoms with van der Waals surface area (Å²) >= 11 is 2.31. The average Bonchev–Trinajstić information content (AvgIpc) is 2.02. The summed E-state index contributed by atoms with van der Waals surface area (Å²) < 4.78 is 1.28. The van der Waals surface area contributed by atoms with Crippen molar-refractivity contribution in [1.82, 2.24) is 0 Å². The lowest BCUT2D eigenvalue weighted by Gasteiger charge is -2.38. The molecule has 0 radical (unpaired) electrons. The fourth-order valence-electron chi connectivity index (χ4n) is 1.63. The van der Waals surface area contributed by atoms with E-state index in [4.69, 9.17) is 5.73 Å². The molecule has 0 saturated heterocycles. The molecule has 2 heteroatoms. The summed E-state index contributed by atoms with van der Waals surface area (Å²) in [5.74, 6) is 0. The third-order valence-electron chi connectivity index (χ3n) is 2.66. The maximum absolute atomic E-state index is 6.17. The summed E-state index contributed by atoms with van der Waals surface area (Å²) in [4.78, 5) is 0. The van der Waals surface area contributed by atoms with Crippen LogP contribution in [0.15, 0.2) is 24.3 Å². The van der Waals surface area contributed by atoms with Gasteiger partial charge in [0.15, 0.2) is 0 Å². The maximum atomic E-state index is 6.17. The van der Waals surface area contributed by atoms with E-state index < -0.39 is 0 Å². The third kappa shape index (κ3) is 1.38. The van der Waals surface area contributed by atoms with Crippen molar-refractivity contribution >= 4 is 22.6 Å². The monoisotopic (exact) mass is 273 g/mol. The molecule has 1 saturated carbocycles. The first-order valence-corrected chi connectivity index (χ1v) is 5.33. The van der Waals surface area contributed by atoms with Crippen LogP contribution in [0.5, 0.6) is 0 Å². The van der Waals surface area contributed by atoms with E-state index in [-0.39, 0.29) is 5.54 Å². The molecular weight excluding hydrogens is 261 g/mol. The highest BCUT2D eigenvalue weighted by atomic mass is 127. The van der Waals surface area contributed by atoms with E-state index in [1.807, 2.05) is 0 Å². The van der Waals surface area contributed by atoms with Crippen LogP contribution in [0.2, 0.25) is 0 Å². The van der Waals surface area contributed by atoms with E-state index in [0.717, 1.165) is 12.8 Å². The number of rotatable bonds is 1. The SMILES string of the molecule is NC1(c2ccc(I)cc2)CCC1. The molecule has 1 aromatic rings. The summed E-state index contributed by atoms with van der Waals surface area (Å²) in [6.07, 6.45) is 3.57. The van der Waals surface area contributed by atoms with Gasteiger partial charge in [-0.3, -0.25) is 0 Å². The molecule has 0 bridgehead atoms. The topological polar surface area (TPSA) is 26.0 Å². The van der Waals surface area contributed by atoms with E-state index in [9.17, 15) is 0 Å². The Hall–Kier alpha value is -0.0900. The van der Waals surface area contributed by atoms with E-state index >= 15 is 0 Å². The molecule has 1 fully saturated rings. The first-order chi connectivity index (χ1) is 5.71. The Morgan fingerprint density at radius 2 is 1.75 bits per heavy atom. The number of benzene rings is 1. The van der Waals surface area contributed by atoms with Crippen LogP contribution >= 0.6 is 22.6 Å². The quantitative estimate of drug-likeness (QED) is 0.782. The number of hydrogen-bond donors (Lipinski definition) is 1. The zero-order valence-electron chi connectivity index (χ0n) is 6.89. The van der Waals surface area contributed by atoms with Crippen molar-refractivity contribution < 1.29 is 0 Å². The average molecular weight is 273 g/mol. The molecule has 0 amide bonds. The van der Waals surface area contributed by atoms with Gasteiger partial charge in [0, 0.05) is 9.11 Å². The van der Waals surface area contributed by atoms with Crippen LogP contribution < -0.4 is 5.73 Å². The van der Waals surface area contributed by atoms with Gasteiger partial charge in [0.25, 0.3) is 0 Å². The zero-order valence-corrected chi connectivity index (χ0v) is 9.04. The lowest BCUT2D eigenvalue weighted by molar-refractivity contribution is 0.253. The molecule has 64 valence electrons. The molecule has 0 atom stereocenters. The zero-order chi connectivity index (χ0) is 8.60. The highest BCUT2D eigenvalue weighted by Gasteiger charge is 2.33. The highest BCUT2D eigenvalue weighted by Crippen LogP contribution is 2.38. The fraction of sp³-hybridized carbons (Fsp3) is 0.400. The lowest BCUT2D eigenvalue weighted by Crippen LogP contribution is -2.43. The largest absolute Gasteiger partial charge is 0.321 e. The Morgan fingerprint density at radius 1 is 1.17 bits per heavy atom. The number of nitrogens with two attached hydrogens (primary N) is 1. The molecule has 0 unspecified atom stereocenters. The van der Waals surface area contributed by atoms with Crippen LogP contribution in [0.3, 0.4) is 0 Å². The van der Waals surface area contributed by atoms with Gasteiger partial charge >= 0.3 is 0 Å². The molecule has 0 spiro atoms. The molecule has 1 aliphatic carbocycles. The molecule has 2 N–H and O–H groups in total. The first-order valence-electron chi connectivity index (χ1n) is 4.26. The Kier molecular flexibility index (Phi) is 2.12. The van der Waals surface area contributed by atoms with Gasteiger partial charge in [-0.2, -0.15) is 0 Å². The molecule has 0 aromatic heterocycles. The number of halogens is 1. The number of hydrogen-bond acceptors (Lipinski definition) is 1. The molecular formula is C10H12IN. The van der Waals surface area contributed by atoms with E-state index in [1.165, 1.54) is 15.6 Å². The minimum atomic E-state index is 0.00431. The van der Waals surface area contributed by atoms with Gasteiger partial charge in [0.2, 0.25) is 0 Å². The van der Waals surface area contributed by atoms with Crippen LogP contribution in [0.4, 0.5) is 0 Å². The van der Waals surface area contributed by atoms with Gasteiger partial charge in [-0.25, -0.2) is 0 Å². The van der Waals surface area contributed by atoms with Crippen LogP contribution in [0, 0.1) is 3.57 Å². The van der Waals surface area contributed by atoms with Crippen molar-refractivity contribution in [3.63, 3.8) is 0 Å². The Labute approximate surface area is 86.5 Å². The van der Waals surface area contributed by atoms with Crippen LogP contribution in [-0.4, -0.2) is 0 Å². The second kappa shape index (κ2) is 3.00. The smallest absolute Gasteiger partial charge is 0.0409 e. The van der Waals surface area contributed by atoms with E-state index in [2.05, 4.69) is 46.9 Å². The highest BCUT2D eigenvalue weighted by molar-refractivity contribution is 14.1. The van der Waals surface area contributed by atoms with Gasteiger partial charge in [-0.1, -0.05) is 12.1 Å². The molecule has 0 heterocycles.